The van der Waals surface area contributed by atoms with E-state index in [0.29, 0.717) is 18.0 Å². The van der Waals surface area contributed by atoms with Gasteiger partial charge in [-0.1, -0.05) is 19.3 Å². The van der Waals surface area contributed by atoms with E-state index in [-0.39, 0.29) is 0 Å². The van der Waals surface area contributed by atoms with E-state index in [4.69, 9.17) is 0 Å². The molecule has 1 saturated carbocycles. The lowest BCUT2D eigenvalue weighted by Gasteiger charge is -2.45. The van der Waals surface area contributed by atoms with Gasteiger partial charge in [0.25, 0.3) is 0 Å². The second kappa shape index (κ2) is 3.08. The van der Waals surface area contributed by atoms with Crippen molar-refractivity contribution in [1.82, 2.24) is 4.90 Å². The van der Waals surface area contributed by atoms with Gasteiger partial charge < -0.3 is 4.90 Å². The van der Waals surface area contributed by atoms with E-state index in [1.54, 1.807) is 0 Å². The third kappa shape index (κ3) is 1.23. The molecule has 0 aromatic rings. The van der Waals surface area contributed by atoms with Gasteiger partial charge in [-0.05, 0) is 19.8 Å². The van der Waals surface area contributed by atoms with Crippen molar-refractivity contribution in [3.63, 3.8) is 0 Å². The van der Waals surface area contributed by atoms with E-state index in [1.165, 1.54) is 32.1 Å². The maximum Gasteiger partial charge on any atom is 0.225 e. The topological polar surface area (TPSA) is 20.3 Å². The van der Waals surface area contributed by atoms with Crippen molar-refractivity contribution in [1.29, 1.82) is 0 Å². The smallest absolute Gasteiger partial charge is 0.225 e. The van der Waals surface area contributed by atoms with Crippen molar-refractivity contribution in [3.05, 3.63) is 0 Å². The quantitative estimate of drug-likeness (QED) is 0.546. The Morgan fingerprint density at radius 1 is 1.25 bits per heavy atom. The van der Waals surface area contributed by atoms with Crippen LogP contribution < -0.4 is 0 Å². The Bertz CT molecular complexity index is 184. The summed E-state index contributed by atoms with van der Waals surface area (Å²) in [6.07, 6.45) is 7.29. The molecule has 0 aromatic carbocycles. The number of amides is 1. The molecule has 1 aliphatic carbocycles. The van der Waals surface area contributed by atoms with E-state index < -0.39 is 0 Å². The fraction of sp³-hybridized carbons (Fsp3) is 0.900. The largest absolute Gasteiger partial charge is 0.336 e. The van der Waals surface area contributed by atoms with Gasteiger partial charge in [-0.3, -0.25) is 4.79 Å². The van der Waals surface area contributed by atoms with Crippen LogP contribution in [0.4, 0.5) is 0 Å². The van der Waals surface area contributed by atoms with Gasteiger partial charge in [0.2, 0.25) is 5.91 Å². The Kier molecular flexibility index (Phi) is 2.07. The summed E-state index contributed by atoms with van der Waals surface area (Å²) in [7, 11) is 0. The van der Waals surface area contributed by atoms with Crippen molar-refractivity contribution in [3.8, 4) is 0 Å². The molecule has 2 heteroatoms. The first-order valence-corrected chi connectivity index (χ1v) is 5.10. The number of nitrogens with zero attached hydrogens (tertiary/aromatic N) is 1. The lowest BCUT2D eigenvalue weighted by Crippen LogP contribution is -2.56. The third-order valence-corrected chi connectivity index (χ3v) is 3.20. The first-order valence-electron chi connectivity index (χ1n) is 5.10. The summed E-state index contributed by atoms with van der Waals surface area (Å²) in [4.78, 5) is 13.4. The van der Waals surface area contributed by atoms with Crippen LogP contribution in [0.2, 0.25) is 0 Å². The van der Waals surface area contributed by atoms with Gasteiger partial charge in [0, 0.05) is 18.5 Å². The number of carbonyl (C=O) groups is 1. The Morgan fingerprint density at radius 2 is 1.92 bits per heavy atom. The molecule has 0 spiro atoms. The van der Waals surface area contributed by atoms with Crippen LogP contribution in [0, 0.1) is 0 Å². The molecule has 68 valence electrons. The van der Waals surface area contributed by atoms with Crippen LogP contribution >= 0.6 is 0 Å². The molecule has 0 N–H and O–H groups in total. The molecular weight excluding hydrogens is 150 g/mol. The second-order valence-electron chi connectivity index (χ2n) is 4.15. The summed E-state index contributed by atoms with van der Waals surface area (Å²) in [5, 5.41) is 0. The van der Waals surface area contributed by atoms with Crippen molar-refractivity contribution >= 4 is 5.91 Å². The van der Waals surface area contributed by atoms with Crippen molar-refractivity contribution in [2.45, 2.75) is 57.5 Å². The summed E-state index contributed by atoms with van der Waals surface area (Å²) in [5.41, 5.74) is 0. The summed E-state index contributed by atoms with van der Waals surface area (Å²) in [5.74, 6) is 0.384. The molecule has 0 bridgehead atoms. The highest BCUT2D eigenvalue weighted by molar-refractivity contribution is 5.83. The molecule has 2 fully saturated rings. The van der Waals surface area contributed by atoms with Crippen LogP contribution in [0.15, 0.2) is 0 Å². The number of hydrogen-bond acceptors (Lipinski definition) is 1. The number of carbonyl (C=O) groups excluding carboxylic acids is 1. The zero-order valence-corrected chi connectivity index (χ0v) is 7.75. The standard InChI is InChI=1S/C10H17NO/c1-8-7-10(12)11(8)9-5-3-2-4-6-9/h8-9H,2-7H2,1H3. The minimum atomic E-state index is 0.384. The number of likely N-dealkylation sites (tertiary alicyclic amines) is 1. The fourth-order valence-corrected chi connectivity index (χ4v) is 2.51. The van der Waals surface area contributed by atoms with Crippen molar-refractivity contribution in [2.75, 3.05) is 0 Å². The zero-order chi connectivity index (χ0) is 8.55. The molecule has 1 saturated heterocycles. The Hall–Kier alpha value is -0.530. The molecule has 1 heterocycles. The Balaban J connectivity index is 1.93. The second-order valence-corrected chi connectivity index (χ2v) is 4.15. The minimum absolute atomic E-state index is 0.384. The molecule has 1 atom stereocenters. The van der Waals surface area contributed by atoms with Gasteiger partial charge >= 0.3 is 0 Å². The Labute approximate surface area is 73.9 Å². The molecular formula is C10H17NO. The molecule has 2 aliphatic rings. The normalized spacial score (nSPS) is 31.9. The highest BCUT2D eigenvalue weighted by Gasteiger charge is 2.37. The van der Waals surface area contributed by atoms with Crippen LogP contribution in [-0.4, -0.2) is 22.9 Å². The van der Waals surface area contributed by atoms with Gasteiger partial charge in [0.1, 0.15) is 0 Å². The Morgan fingerprint density at radius 3 is 2.42 bits per heavy atom. The highest BCUT2D eigenvalue weighted by atomic mass is 16.2. The van der Waals surface area contributed by atoms with Gasteiger partial charge in [0.05, 0.1) is 0 Å². The summed E-state index contributed by atoms with van der Waals surface area (Å²) >= 11 is 0. The summed E-state index contributed by atoms with van der Waals surface area (Å²) < 4.78 is 0. The van der Waals surface area contributed by atoms with Crippen LogP contribution in [-0.2, 0) is 4.79 Å². The average Bonchev–Trinajstić information content (AvgIpc) is 2.05. The van der Waals surface area contributed by atoms with Crippen LogP contribution in [0.3, 0.4) is 0 Å². The monoisotopic (exact) mass is 167 g/mol. The van der Waals surface area contributed by atoms with E-state index in [1.807, 2.05) is 0 Å². The maximum atomic E-state index is 11.3. The predicted molar refractivity (Wildman–Crippen MR) is 47.8 cm³/mol. The van der Waals surface area contributed by atoms with Gasteiger partial charge in [-0.15, -0.1) is 0 Å². The molecule has 1 amide bonds. The van der Waals surface area contributed by atoms with Crippen LogP contribution in [0.25, 0.3) is 0 Å². The fourth-order valence-electron chi connectivity index (χ4n) is 2.51. The number of rotatable bonds is 1. The van der Waals surface area contributed by atoms with Crippen molar-refractivity contribution < 1.29 is 4.79 Å². The van der Waals surface area contributed by atoms with Crippen molar-refractivity contribution in [2.24, 2.45) is 0 Å². The minimum Gasteiger partial charge on any atom is -0.336 e. The lowest BCUT2D eigenvalue weighted by atomic mass is 9.89. The lowest BCUT2D eigenvalue weighted by molar-refractivity contribution is -0.149. The molecule has 12 heavy (non-hydrogen) atoms. The molecule has 0 radical (unpaired) electrons. The van der Waals surface area contributed by atoms with E-state index in [9.17, 15) is 4.79 Å². The van der Waals surface area contributed by atoms with E-state index >= 15 is 0 Å². The SMILES string of the molecule is CC1CC(=O)N1C1CCCCC1. The van der Waals surface area contributed by atoms with E-state index in [2.05, 4.69) is 11.8 Å². The van der Waals surface area contributed by atoms with E-state index in [0.717, 1.165) is 6.42 Å². The molecule has 0 aromatic heterocycles. The molecule has 1 aliphatic heterocycles. The first kappa shape index (κ1) is 8.09. The van der Waals surface area contributed by atoms with Crippen LogP contribution in [0.1, 0.15) is 45.4 Å². The third-order valence-electron chi connectivity index (χ3n) is 3.20. The summed E-state index contributed by atoms with van der Waals surface area (Å²) in [6.45, 7) is 2.16. The van der Waals surface area contributed by atoms with Gasteiger partial charge in [0.15, 0.2) is 0 Å². The first-order chi connectivity index (χ1) is 5.79. The number of β-lactam (4-membered cyclic amide) rings is 1. The predicted octanol–water partition coefficient (Wildman–Crippen LogP) is 1.94. The molecule has 2 nitrogen and oxygen atoms in total. The zero-order valence-electron chi connectivity index (χ0n) is 7.75. The molecule has 2 rings (SSSR count). The molecule has 1 unspecified atom stereocenters. The van der Waals surface area contributed by atoms with Crippen LogP contribution in [0.5, 0.6) is 0 Å². The van der Waals surface area contributed by atoms with Gasteiger partial charge in [-0.2, -0.15) is 0 Å². The maximum absolute atomic E-state index is 11.3. The van der Waals surface area contributed by atoms with Gasteiger partial charge in [-0.25, -0.2) is 0 Å². The average molecular weight is 167 g/mol. The summed E-state index contributed by atoms with van der Waals surface area (Å²) in [6, 6.07) is 1.12. The number of hydrogen-bond donors (Lipinski definition) is 0. The highest BCUT2D eigenvalue weighted by Crippen LogP contribution is 2.30.